The molecule has 1 aromatic heterocycles. The number of benzene rings is 1. The number of hydrogen-bond donors (Lipinski definition) is 1. The van der Waals surface area contributed by atoms with Crippen LogP contribution >= 0.6 is 0 Å². The zero-order chi connectivity index (χ0) is 14.4. The van der Waals surface area contributed by atoms with E-state index in [2.05, 4.69) is 36.5 Å². The molecule has 0 amide bonds. The van der Waals surface area contributed by atoms with Gasteiger partial charge in [0.1, 0.15) is 0 Å². The van der Waals surface area contributed by atoms with E-state index >= 15 is 0 Å². The van der Waals surface area contributed by atoms with Crippen molar-refractivity contribution in [2.45, 2.75) is 6.92 Å². The Hall–Kier alpha value is -2.04. The van der Waals surface area contributed by atoms with E-state index < -0.39 is 0 Å². The van der Waals surface area contributed by atoms with Crippen molar-refractivity contribution in [1.82, 2.24) is 10.4 Å². The van der Waals surface area contributed by atoms with Crippen LogP contribution in [0.15, 0.2) is 58.8 Å². The van der Waals surface area contributed by atoms with E-state index in [4.69, 9.17) is 0 Å². The fourth-order valence-electron chi connectivity index (χ4n) is 1.45. The third-order valence-electron chi connectivity index (χ3n) is 2.39. The normalized spacial score (nSPS) is 12.3. The van der Waals surface area contributed by atoms with E-state index in [0.29, 0.717) is 10.4 Å². The molecule has 0 fully saturated rings. The predicted octanol–water partition coefficient (Wildman–Crippen LogP) is 2.39. The van der Waals surface area contributed by atoms with Crippen LogP contribution in [-0.2, 0) is 0 Å². The van der Waals surface area contributed by atoms with Gasteiger partial charge in [-0.15, -0.1) is 0 Å². The minimum absolute atomic E-state index is 0.327. The minimum atomic E-state index is -0.327. The van der Waals surface area contributed by atoms with Crippen LogP contribution in [0.2, 0.25) is 0 Å². The molecule has 2 rings (SSSR count). The van der Waals surface area contributed by atoms with Crippen molar-refractivity contribution >= 4 is 32.1 Å². The Balaban J connectivity index is 2.06. The quantitative estimate of drug-likeness (QED) is 0.406. The van der Waals surface area contributed by atoms with Gasteiger partial charge in [-0.1, -0.05) is 0 Å². The number of hydrogen-bond acceptors (Lipinski definition) is 3. The van der Waals surface area contributed by atoms with Crippen LogP contribution in [0, 0.1) is 5.82 Å². The van der Waals surface area contributed by atoms with Crippen molar-refractivity contribution in [3.05, 3.63) is 60.2 Å². The van der Waals surface area contributed by atoms with Crippen molar-refractivity contribution < 1.29 is 4.39 Å². The van der Waals surface area contributed by atoms with Crippen molar-refractivity contribution in [2.75, 3.05) is 0 Å². The number of amidine groups is 1. The molecule has 4 nitrogen and oxygen atoms in total. The van der Waals surface area contributed by atoms with Crippen molar-refractivity contribution in [1.29, 1.82) is 0 Å². The molecule has 0 bridgehead atoms. The van der Waals surface area contributed by atoms with Gasteiger partial charge in [0.15, 0.2) is 0 Å². The molecule has 0 saturated carbocycles. The van der Waals surface area contributed by atoms with Gasteiger partial charge in [0.2, 0.25) is 0 Å². The number of aliphatic imine (C=N–C) groups is 1. The Kier molecular flexibility index (Phi) is 4.98. The van der Waals surface area contributed by atoms with E-state index in [1.54, 1.807) is 18.3 Å². The van der Waals surface area contributed by atoms with Crippen LogP contribution in [-0.4, -0.2) is 31.4 Å². The van der Waals surface area contributed by atoms with Crippen LogP contribution in [0.5, 0.6) is 0 Å². The zero-order valence-electron chi connectivity index (χ0n) is 10.7. The first-order valence-electron chi connectivity index (χ1n) is 5.88. The van der Waals surface area contributed by atoms with E-state index in [9.17, 15) is 4.39 Å². The Morgan fingerprint density at radius 1 is 1.25 bits per heavy atom. The SMILES string of the molecule is CC(=NNC([Se])=Nc1cccc(F)c1)c1ccccn1. The molecule has 0 aliphatic heterocycles. The van der Waals surface area contributed by atoms with E-state index in [-0.39, 0.29) is 5.82 Å². The first-order valence-corrected chi connectivity index (χ1v) is 6.74. The second kappa shape index (κ2) is 6.93. The first kappa shape index (κ1) is 14.4. The maximum atomic E-state index is 13.0. The fraction of sp³-hybridized carbons (Fsp3) is 0.0714. The molecular weight excluding hydrogens is 322 g/mol. The molecule has 1 heterocycles. The fourth-order valence-corrected chi connectivity index (χ4v) is 1.77. The monoisotopic (exact) mass is 335 g/mol. The number of pyridine rings is 1. The second-order valence-corrected chi connectivity index (χ2v) is 4.73. The summed E-state index contributed by atoms with van der Waals surface area (Å²) in [5.74, 6) is -0.327. The standard InChI is InChI=1S/C14H12FN4Se/c1-10(13-7-2-3-8-16-13)18-19-14(20)17-12-6-4-5-11(15)9-12/h2-9H,1H3,(H,17,19). The molecule has 1 N–H and O–H groups in total. The molecule has 0 atom stereocenters. The second-order valence-electron chi connectivity index (χ2n) is 3.92. The molecular formula is C14H12FN4Se. The molecule has 0 spiro atoms. The summed E-state index contributed by atoms with van der Waals surface area (Å²) in [6, 6.07) is 11.6. The Bertz CT molecular complexity index is 641. The van der Waals surface area contributed by atoms with Gasteiger partial charge in [-0.3, -0.25) is 0 Å². The maximum absolute atomic E-state index is 13.0. The predicted molar refractivity (Wildman–Crippen MR) is 78.8 cm³/mol. The number of hydrazone groups is 1. The molecule has 6 heteroatoms. The Morgan fingerprint density at radius 3 is 2.80 bits per heavy atom. The van der Waals surface area contributed by atoms with Crippen LogP contribution < -0.4 is 5.43 Å². The number of nitrogens with zero attached hydrogens (tertiary/aromatic N) is 3. The van der Waals surface area contributed by atoms with Gasteiger partial charge in [0, 0.05) is 0 Å². The van der Waals surface area contributed by atoms with Crippen LogP contribution in [0.3, 0.4) is 0 Å². The van der Waals surface area contributed by atoms with Crippen LogP contribution in [0.4, 0.5) is 10.1 Å². The third-order valence-corrected chi connectivity index (χ3v) is 2.78. The van der Waals surface area contributed by atoms with E-state index in [1.165, 1.54) is 12.1 Å². The van der Waals surface area contributed by atoms with Crippen molar-refractivity contribution in [3.8, 4) is 0 Å². The number of halogens is 1. The molecule has 101 valence electrons. The average molecular weight is 334 g/mol. The van der Waals surface area contributed by atoms with E-state index in [1.807, 2.05) is 25.1 Å². The van der Waals surface area contributed by atoms with Gasteiger partial charge in [-0.05, 0) is 0 Å². The number of aromatic nitrogens is 1. The molecule has 0 aliphatic carbocycles. The Labute approximate surface area is 124 Å². The number of rotatable bonds is 3. The molecule has 0 aliphatic rings. The van der Waals surface area contributed by atoms with Crippen molar-refractivity contribution in [3.63, 3.8) is 0 Å². The van der Waals surface area contributed by atoms with E-state index in [0.717, 1.165) is 11.4 Å². The van der Waals surface area contributed by atoms with Crippen LogP contribution in [0.25, 0.3) is 0 Å². The van der Waals surface area contributed by atoms with Gasteiger partial charge in [-0.25, -0.2) is 0 Å². The van der Waals surface area contributed by atoms with Gasteiger partial charge in [0.05, 0.1) is 0 Å². The van der Waals surface area contributed by atoms with Crippen LogP contribution in [0.1, 0.15) is 12.6 Å². The molecule has 1 radical (unpaired) electrons. The summed E-state index contributed by atoms with van der Waals surface area (Å²) in [6.45, 7) is 1.84. The van der Waals surface area contributed by atoms with Gasteiger partial charge in [-0.2, -0.15) is 0 Å². The third kappa shape index (κ3) is 4.26. The summed E-state index contributed by atoms with van der Waals surface area (Å²) in [5, 5.41) is 4.16. The Morgan fingerprint density at radius 2 is 2.10 bits per heavy atom. The summed E-state index contributed by atoms with van der Waals surface area (Å²) in [6.07, 6.45) is 1.70. The summed E-state index contributed by atoms with van der Waals surface area (Å²) in [7, 11) is 0. The van der Waals surface area contributed by atoms with Gasteiger partial charge >= 0.3 is 124 Å². The summed E-state index contributed by atoms with van der Waals surface area (Å²) in [5.41, 5.74) is 4.79. The molecule has 0 unspecified atom stereocenters. The average Bonchev–Trinajstić information content (AvgIpc) is 2.46. The topological polar surface area (TPSA) is 49.6 Å². The van der Waals surface area contributed by atoms with Crippen molar-refractivity contribution in [2.24, 2.45) is 10.1 Å². The summed E-state index contributed by atoms with van der Waals surface area (Å²) < 4.78 is 13.5. The molecule has 0 saturated heterocycles. The van der Waals surface area contributed by atoms with Gasteiger partial charge in [0.25, 0.3) is 0 Å². The first-order chi connectivity index (χ1) is 9.65. The summed E-state index contributed by atoms with van der Waals surface area (Å²) >= 11 is 2.74. The van der Waals surface area contributed by atoms with Gasteiger partial charge < -0.3 is 0 Å². The number of nitrogens with one attached hydrogen (secondary N) is 1. The zero-order valence-corrected chi connectivity index (χ0v) is 12.5. The summed E-state index contributed by atoms with van der Waals surface area (Å²) in [4.78, 5) is 8.35. The molecule has 2 aromatic rings. The molecule has 1 aromatic carbocycles. The molecule has 20 heavy (non-hydrogen) atoms.